The Morgan fingerprint density at radius 3 is 2.21 bits per heavy atom. The molecule has 4 amide bonds. The number of nitrogens with one attached hydrogen (secondary N) is 2. The molecule has 0 spiro atoms. The Kier molecular flexibility index (Phi) is 8.63. The summed E-state index contributed by atoms with van der Waals surface area (Å²) < 4.78 is 5.46. The first-order chi connectivity index (χ1) is 17.5. The van der Waals surface area contributed by atoms with Crippen molar-refractivity contribution in [2.75, 3.05) is 6.54 Å². The van der Waals surface area contributed by atoms with E-state index in [1.54, 1.807) is 32.6 Å². The van der Waals surface area contributed by atoms with Crippen LogP contribution in [0.4, 0.5) is 4.79 Å². The van der Waals surface area contributed by atoms with E-state index in [-0.39, 0.29) is 35.5 Å². The SMILES string of the molecule is C=C(C)CC(NC(=O)C1C2C(CN1C(=O)C(NC(=O)OC(C)(C)C)C1CCCCC1)C2(C)C)C(=O)C(N)=O. The van der Waals surface area contributed by atoms with E-state index in [4.69, 9.17) is 10.5 Å². The number of rotatable bonds is 9. The van der Waals surface area contributed by atoms with Crippen LogP contribution < -0.4 is 16.4 Å². The van der Waals surface area contributed by atoms with Crippen LogP contribution in [-0.4, -0.2) is 64.8 Å². The minimum absolute atomic E-state index is 0.0648. The fourth-order valence-corrected chi connectivity index (χ4v) is 6.26. The molecule has 1 aliphatic heterocycles. The van der Waals surface area contributed by atoms with Gasteiger partial charge in [-0.2, -0.15) is 0 Å². The number of hydrogen-bond acceptors (Lipinski definition) is 6. The average molecular weight is 533 g/mol. The number of piperidine rings is 1. The van der Waals surface area contributed by atoms with Gasteiger partial charge in [0.2, 0.25) is 17.6 Å². The Balaban J connectivity index is 1.87. The third-order valence-electron chi connectivity index (χ3n) is 8.25. The zero-order valence-electron chi connectivity index (χ0n) is 23.6. The predicted molar refractivity (Wildman–Crippen MR) is 142 cm³/mol. The quantitative estimate of drug-likeness (QED) is 0.307. The van der Waals surface area contributed by atoms with Gasteiger partial charge in [0.25, 0.3) is 5.91 Å². The van der Waals surface area contributed by atoms with Gasteiger partial charge < -0.3 is 26.0 Å². The van der Waals surface area contributed by atoms with Gasteiger partial charge in [0, 0.05) is 6.54 Å². The monoisotopic (exact) mass is 532 g/mol. The molecule has 4 N–H and O–H groups in total. The third kappa shape index (κ3) is 6.56. The zero-order chi connectivity index (χ0) is 28.6. The Morgan fingerprint density at radius 2 is 1.68 bits per heavy atom. The molecule has 0 aromatic carbocycles. The molecule has 38 heavy (non-hydrogen) atoms. The molecule has 2 saturated carbocycles. The molecule has 3 fully saturated rings. The molecular weight excluding hydrogens is 488 g/mol. The van der Waals surface area contributed by atoms with Crippen molar-refractivity contribution in [2.24, 2.45) is 28.9 Å². The van der Waals surface area contributed by atoms with Crippen LogP contribution in [0, 0.1) is 23.2 Å². The average Bonchev–Trinajstić information content (AvgIpc) is 3.14. The molecule has 3 aliphatic rings. The summed E-state index contributed by atoms with van der Waals surface area (Å²) in [4.78, 5) is 66.1. The van der Waals surface area contributed by atoms with Crippen molar-refractivity contribution in [3.8, 4) is 0 Å². The number of alkyl carbamates (subject to hydrolysis) is 1. The van der Waals surface area contributed by atoms with Gasteiger partial charge in [-0.25, -0.2) is 4.79 Å². The predicted octanol–water partition coefficient (Wildman–Crippen LogP) is 2.45. The maximum Gasteiger partial charge on any atom is 0.408 e. The second kappa shape index (κ2) is 11.1. The fraction of sp³-hybridized carbons (Fsp3) is 0.750. The number of ether oxygens (including phenoxy) is 1. The van der Waals surface area contributed by atoms with Crippen molar-refractivity contribution >= 4 is 29.6 Å². The number of fused-ring (bicyclic) bond motifs is 1. The largest absolute Gasteiger partial charge is 0.444 e. The number of primary amides is 1. The third-order valence-corrected chi connectivity index (χ3v) is 8.25. The minimum atomic E-state index is -1.15. The summed E-state index contributed by atoms with van der Waals surface area (Å²) in [7, 11) is 0. The molecule has 0 aromatic rings. The highest BCUT2D eigenvalue weighted by Crippen LogP contribution is 2.65. The van der Waals surface area contributed by atoms with Crippen LogP contribution in [0.1, 0.15) is 80.1 Å². The summed E-state index contributed by atoms with van der Waals surface area (Å²) in [6.07, 6.45) is 3.99. The molecule has 10 nitrogen and oxygen atoms in total. The Bertz CT molecular complexity index is 994. The summed E-state index contributed by atoms with van der Waals surface area (Å²) in [5.41, 5.74) is 4.94. The van der Waals surface area contributed by atoms with Gasteiger partial charge in [-0.3, -0.25) is 19.2 Å². The molecule has 10 heteroatoms. The van der Waals surface area contributed by atoms with Crippen LogP contribution in [0.3, 0.4) is 0 Å². The number of nitrogens with two attached hydrogens (primary N) is 1. The summed E-state index contributed by atoms with van der Waals surface area (Å²) >= 11 is 0. The van der Waals surface area contributed by atoms with Gasteiger partial charge in [0.05, 0.1) is 0 Å². The molecule has 0 radical (unpaired) electrons. The first-order valence-electron chi connectivity index (χ1n) is 13.6. The van der Waals surface area contributed by atoms with E-state index in [0.717, 1.165) is 32.1 Å². The first kappa shape index (κ1) is 29.6. The Morgan fingerprint density at radius 1 is 1.08 bits per heavy atom. The van der Waals surface area contributed by atoms with E-state index in [1.165, 1.54) is 0 Å². The lowest BCUT2D eigenvalue weighted by Gasteiger charge is -2.37. The van der Waals surface area contributed by atoms with Crippen LogP contribution >= 0.6 is 0 Å². The highest BCUT2D eigenvalue weighted by atomic mass is 16.6. The van der Waals surface area contributed by atoms with Gasteiger partial charge in [-0.05, 0) is 70.1 Å². The van der Waals surface area contributed by atoms with E-state index >= 15 is 0 Å². The minimum Gasteiger partial charge on any atom is -0.444 e. The number of nitrogens with zero attached hydrogens (tertiary/aromatic N) is 1. The number of hydrogen-bond donors (Lipinski definition) is 3. The van der Waals surface area contributed by atoms with Crippen molar-refractivity contribution in [2.45, 2.75) is 104 Å². The number of ketones is 1. The van der Waals surface area contributed by atoms with Gasteiger partial charge in [-0.1, -0.05) is 38.7 Å². The standard InChI is InChI=1S/C28H44N4O6/c1-15(2)13-18(22(33)23(29)34)30-24(35)21-19-17(28(19,6)7)14-32(21)25(36)20(16-11-9-8-10-12-16)31-26(37)38-27(3,4)5/h16-21H,1,8-14H2,2-7H3,(H2,29,34)(H,30,35)(H,31,37). The van der Waals surface area contributed by atoms with Crippen molar-refractivity contribution in [3.05, 3.63) is 12.2 Å². The van der Waals surface area contributed by atoms with Crippen LogP contribution in [0.2, 0.25) is 0 Å². The maximum atomic E-state index is 14.1. The molecule has 5 unspecified atom stereocenters. The van der Waals surface area contributed by atoms with Crippen LogP contribution in [0.25, 0.3) is 0 Å². The molecule has 1 heterocycles. The molecule has 2 aliphatic carbocycles. The highest BCUT2D eigenvalue weighted by Gasteiger charge is 2.69. The molecule has 0 aromatic heterocycles. The summed E-state index contributed by atoms with van der Waals surface area (Å²) in [6.45, 7) is 15.2. The van der Waals surface area contributed by atoms with Gasteiger partial charge >= 0.3 is 6.09 Å². The van der Waals surface area contributed by atoms with Crippen molar-refractivity contribution in [3.63, 3.8) is 0 Å². The molecular formula is C28H44N4O6. The molecule has 3 rings (SSSR count). The fourth-order valence-electron chi connectivity index (χ4n) is 6.26. The number of carbonyl (C=O) groups excluding carboxylic acids is 5. The van der Waals surface area contributed by atoms with Crippen molar-refractivity contribution in [1.82, 2.24) is 15.5 Å². The number of amides is 4. The molecule has 212 valence electrons. The summed E-state index contributed by atoms with van der Waals surface area (Å²) in [5, 5.41) is 5.50. The maximum absolute atomic E-state index is 14.1. The van der Waals surface area contributed by atoms with Gasteiger partial charge in [0.15, 0.2) is 0 Å². The lowest BCUT2D eigenvalue weighted by molar-refractivity contribution is -0.144. The molecule has 1 saturated heterocycles. The molecule has 0 bridgehead atoms. The second-order valence-electron chi connectivity index (χ2n) is 12.9. The van der Waals surface area contributed by atoms with Crippen molar-refractivity contribution in [1.29, 1.82) is 0 Å². The normalized spacial score (nSPS) is 25.9. The highest BCUT2D eigenvalue weighted by molar-refractivity contribution is 6.38. The molecule has 5 atom stereocenters. The van der Waals surface area contributed by atoms with Gasteiger partial charge in [-0.15, -0.1) is 6.58 Å². The van der Waals surface area contributed by atoms with Crippen LogP contribution in [0.15, 0.2) is 12.2 Å². The zero-order valence-corrected chi connectivity index (χ0v) is 23.6. The smallest absolute Gasteiger partial charge is 0.408 e. The van der Waals surface area contributed by atoms with E-state index in [9.17, 15) is 24.0 Å². The van der Waals surface area contributed by atoms with Gasteiger partial charge in [0.1, 0.15) is 23.7 Å². The van der Waals surface area contributed by atoms with E-state index in [1.807, 2.05) is 0 Å². The van der Waals surface area contributed by atoms with E-state index in [0.29, 0.717) is 12.1 Å². The van der Waals surface area contributed by atoms with Crippen LogP contribution in [-0.2, 0) is 23.9 Å². The lowest BCUT2D eigenvalue weighted by atomic mass is 9.83. The second-order valence-corrected chi connectivity index (χ2v) is 12.9. The lowest BCUT2D eigenvalue weighted by Crippen LogP contribution is -2.59. The van der Waals surface area contributed by atoms with E-state index in [2.05, 4.69) is 31.1 Å². The topological polar surface area (TPSA) is 148 Å². The van der Waals surface area contributed by atoms with Crippen LogP contribution in [0.5, 0.6) is 0 Å². The van der Waals surface area contributed by atoms with Crippen molar-refractivity contribution < 1.29 is 28.7 Å². The Hall–Kier alpha value is -2.91. The Labute approximate surface area is 225 Å². The number of Topliss-reactive ketones (excluding diaryl/α,β-unsaturated/α-hetero) is 1. The first-order valence-corrected chi connectivity index (χ1v) is 13.6. The number of likely N-dealkylation sites (tertiary alicyclic amines) is 1. The summed E-state index contributed by atoms with van der Waals surface area (Å²) in [6, 6.07) is -2.80. The number of carbonyl (C=O) groups is 5. The van der Waals surface area contributed by atoms with E-state index < -0.39 is 47.4 Å². The summed E-state index contributed by atoms with van der Waals surface area (Å²) in [5.74, 6) is -2.92.